The van der Waals surface area contributed by atoms with Gasteiger partial charge in [-0.3, -0.25) is 14.4 Å². The van der Waals surface area contributed by atoms with Gasteiger partial charge in [0, 0.05) is 19.3 Å². The summed E-state index contributed by atoms with van der Waals surface area (Å²) in [6.45, 7) is 6.68. The highest BCUT2D eigenvalue weighted by atomic mass is 16.6. The van der Waals surface area contributed by atoms with E-state index in [1.165, 1.54) is 276 Å². The van der Waals surface area contributed by atoms with E-state index in [-0.39, 0.29) is 31.1 Å². The van der Waals surface area contributed by atoms with Crippen LogP contribution in [-0.2, 0) is 28.6 Å². The van der Waals surface area contributed by atoms with Gasteiger partial charge in [0.15, 0.2) is 6.10 Å². The van der Waals surface area contributed by atoms with Crippen LogP contribution >= 0.6 is 0 Å². The lowest BCUT2D eigenvalue weighted by atomic mass is 10.0. The molecule has 0 aromatic carbocycles. The van der Waals surface area contributed by atoms with Crippen molar-refractivity contribution >= 4 is 17.9 Å². The summed E-state index contributed by atoms with van der Waals surface area (Å²) >= 11 is 0. The first-order chi connectivity index (χ1) is 40.5. The first kappa shape index (κ1) is 79.4. The highest BCUT2D eigenvalue weighted by Crippen LogP contribution is 2.19. The van der Waals surface area contributed by atoms with Crippen molar-refractivity contribution in [2.24, 2.45) is 0 Å². The minimum absolute atomic E-state index is 0.0747. The van der Waals surface area contributed by atoms with E-state index in [2.05, 4.69) is 69.4 Å². The standard InChI is InChI=1S/C76H140O6/c1-4-7-10-13-16-19-22-25-28-30-32-34-36-37-38-39-41-42-44-46-48-51-54-57-60-63-66-69-75(78)81-72-73(71-80-74(77)68-65-62-59-56-53-50-27-24-21-18-15-12-9-6-3)82-76(79)70-67-64-61-58-55-52-49-47-45-43-40-35-33-31-29-26-23-20-17-14-11-8-5-2/h23-24,26-27,31,33,40,43,73H,4-22,25,28-30,32,34-39,41-42,44-72H2,1-3H3/b26-23-,27-24-,33-31-,43-40-. The van der Waals surface area contributed by atoms with Crippen molar-refractivity contribution in [3.63, 3.8) is 0 Å². The van der Waals surface area contributed by atoms with E-state index in [1.807, 2.05) is 0 Å². The molecule has 0 aromatic heterocycles. The van der Waals surface area contributed by atoms with Crippen molar-refractivity contribution in [3.05, 3.63) is 48.6 Å². The van der Waals surface area contributed by atoms with Gasteiger partial charge in [0.25, 0.3) is 0 Å². The zero-order chi connectivity index (χ0) is 59.2. The van der Waals surface area contributed by atoms with Crippen LogP contribution in [0.3, 0.4) is 0 Å². The predicted molar refractivity (Wildman–Crippen MR) is 358 cm³/mol. The number of ether oxygens (including phenoxy) is 3. The van der Waals surface area contributed by atoms with Gasteiger partial charge in [-0.1, -0.05) is 345 Å². The smallest absolute Gasteiger partial charge is 0.306 e. The van der Waals surface area contributed by atoms with Crippen LogP contribution in [0.1, 0.15) is 400 Å². The Labute approximate surface area is 511 Å². The Balaban J connectivity index is 4.25. The molecule has 1 unspecified atom stereocenters. The van der Waals surface area contributed by atoms with Crippen LogP contribution in [0.25, 0.3) is 0 Å². The largest absolute Gasteiger partial charge is 0.462 e. The molecule has 480 valence electrons. The van der Waals surface area contributed by atoms with Gasteiger partial charge in [-0.25, -0.2) is 0 Å². The SMILES string of the molecule is CCCCCCC/C=C\C/C=C\C/C=C\CCCCCCCCCCC(=O)OC(COC(=O)CCCCCCC/C=C\CCCCCCC)COC(=O)CCCCCCCCCCCCCCCCCCCCCCCCCCCCC. The lowest BCUT2D eigenvalue weighted by Crippen LogP contribution is -2.30. The van der Waals surface area contributed by atoms with E-state index in [1.54, 1.807) is 0 Å². The highest BCUT2D eigenvalue weighted by Gasteiger charge is 2.19. The molecule has 0 rings (SSSR count). The molecule has 82 heavy (non-hydrogen) atoms. The Hall–Kier alpha value is -2.63. The fourth-order valence-electron chi connectivity index (χ4n) is 11.0. The van der Waals surface area contributed by atoms with E-state index in [0.29, 0.717) is 19.3 Å². The predicted octanol–water partition coefficient (Wildman–Crippen LogP) is 25.3. The maximum atomic E-state index is 13.0. The zero-order valence-electron chi connectivity index (χ0n) is 55.3. The van der Waals surface area contributed by atoms with Gasteiger partial charge < -0.3 is 14.2 Å². The summed E-state index contributed by atoms with van der Waals surface area (Å²) in [5.41, 5.74) is 0. The summed E-state index contributed by atoms with van der Waals surface area (Å²) in [5, 5.41) is 0. The molecule has 0 saturated carbocycles. The first-order valence-corrected chi connectivity index (χ1v) is 36.6. The van der Waals surface area contributed by atoms with E-state index >= 15 is 0 Å². The number of hydrogen-bond donors (Lipinski definition) is 0. The van der Waals surface area contributed by atoms with Crippen molar-refractivity contribution in [3.8, 4) is 0 Å². The van der Waals surface area contributed by atoms with Crippen molar-refractivity contribution in [1.82, 2.24) is 0 Å². The van der Waals surface area contributed by atoms with Crippen molar-refractivity contribution in [1.29, 1.82) is 0 Å². The van der Waals surface area contributed by atoms with E-state index in [0.717, 1.165) is 83.5 Å². The number of hydrogen-bond acceptors (Lipinski definition) is 6. The summed E-state index contributed by atoms with van der Waals surface area (Å²) in [6.07, 6.45) is 90.1. The maximum Gasteiger partial charge on any atom is 0.306 e. The number of rotatable bonds is 68. The van der Waals surface area contributed by atoms with Crippen molar-refractivity contribution in [2.45, 2.75) is 406 Å². The lowest BCUT2D eigenvalue weighted by molar-refractivity contribution is -0.167. The third kappa shape index (κ3) is 68.2. The number of carbonyl (C=O) groups excluding carboxylic acids is 3. The molecule has 0 aliphatic heterocycles. The van der Waals surface area contributed by atoms with Crippen LogP contribution < -0.4 is 0 Å². The van der Waals surface area contributed by atoms with Gasteiger partial charge in [-0.15, -0.1) is 0 Å². The maximum absolute atomic E-state index is 13.0. The highest BCUT2D eigenvalue weighted by molar-refractivity contribution is 5.71. The fourth-order valence-corrected chi connectivity index (χ4v) is 11.0. The van der Waals surface area contributed by atoms with Gasteiger partial charge in [0.1, 0.15) is 13.2 Å². The van der Waals surface area contributed by atoms with Crippen LogP contribution in [0.2, 0.25) is 0 Å². The molecule has 0 heterocycles. The molecule has 0 radical (unpaired) electrons. The second-order valence-electron chi connectivity index (χ2n) is 24.9. The van der Waals surface area contributed by atoms with Crippen LogP contribution in [-0.4, -0.2) is 37.2 Å². The molecule has 0 amide bonds. The van der Waals surface area contributed by atoms with E-state index < -0.39 is 6.10 Å². The minimum Gasteiger partial charge on any atom is -0.462 e. The average molecular weight is 1150 g/mol. The molecule has 0 aliphatic carbocycles. The third-order valence-corrected chi connectivity index (χ3v) is 16.6. The minimum atomic E-state index is -0.781. The molecule has 6 heteroatoms. The lowest BCUT2D eigenvalue weighted by Gasteiger charge is -2.18. The third-order valence-electron chi connectivity index (χ3n) is 16.6. The summed E-state index contributed by atoms with van der Waals surface area (Å²) < 4.78 is 17.0. The van der Waals surface area contributed by atoms with E-state index in [9.17, 15) is 14.4 Å². The number of esters is 3. The van der Waals surface area contributed by atoms with Gasteiger partial charge in [0.05, 0.1) is 0 Å². The Morgan fingerprint density at radius 2 is 0.439 bits per heavy atom. The molecule has 0 fully saturated rings. The van der Waals surface area contributed by atoms with Crippen LogP contribution in [0.5, 0.6) is 0 Å². The number of carbonyl (C=O) groups is 3. The second-order valence-corrected chi connectivity index (χ2v) is 24.9. The van der Waals surface area contributed by atoms with Gasteiger partial charge in [0.2, 0.25) is 0 Å². The molecule has 0 N–H and O–H groups in total. The number of unbranched alkanes of at least 4 members (excludes halogenated alkanes) is 49. The van der Waals surface area contributed by atoms with Crippen molar-refractivity contribution < 1.29 is 28.6 Å². The zero-order valence-corrected chi connectivity index (χ0v) is 55.3. The second kappa shape index (κ2) is 70.9. The van der Waals surface area contributed by atoms with Gasteiger partial charge in [-0.05, 0) is 83.5 Å². The molecular weight excluding hydrogens is 1010 g/mol. The van der Waals surface area contributed by atoms with Gasteiger partial charge >= 0.3 is 17.9 Å². The summed E-state index contributed by atoms with van der Waals surface area (Å²) in [5.74, 6) is -0.864. The fraction of sp³-hybridized carbons (Fsp3) is 0.855. The summed E-state index contributed by atoms with van der Waals surface area (Å²) in [7, 11) is 0. The Bertz CT molecular complexity index is 1410. The molecule has 0 bridgehead atoms. The monoisotopic (exact) mass is 1150 g/mol. The summed E-state index contributed by atoms with van der Waals surface area (Å²) in [4.78, 5) is 38.5. The van der Waals surface area contributed by atoms with E-state index in [4.69, 9.17) is 14.2 Å². The molecule has 1 atom stereocenters. The molecule has 0 aliphatic rings. The van der Waals surface area contributed by atoms with Gasteiger partial charge in [-0.2, -0.15) is 0 Å². The Morgan fingerprint density at radius 1 is 0.244 bits per heavy atom. The van der Waals surface area contributed by atoms with Crippen LogP contribution in [0.15, 0.2) is 48.6 Å². The molecule has 0 aromatic rings. The average Bonchev–Trinajstić information content (AvgIpc) is 3.47. The first-order valence-electron chi connectivity index (χ1n) is 36.6. The summed E-state index contributed by atoms with van der Waals surface area (Å²) in [6, 6.07) is 0. The van der Waals surface area contributed by atoms with Crippen molar-refractivity contribution in [2.75, 3.05) is 13.2 Å². The quantitative estimate of drug-likeness (QED) is 0.0261. The van der Waals surface area contributed by atoms with Crippen LogP contribution in [0, 0.1) is 0 Å². The van der Waals surface area contributed by atoms with Crippen LogP contribution in [0.4, 0.5) is 0 Å². The Morgan fingerprint density at radius 3 is 0.695 bits per heavy atom. The normalized spacial score (nSPS) is 12.3. The molecule has 6 nitrogen and oxygen atoms in total. The molecule has 0 spiro atoms. The number of allylic oxidation sites excluding steroid dienone is 8. The topological polar surface area (TPSA) is 78.9 Å². The molecular formula is C76H140O6. The molecule has 0 saturated heterocycles. The Kier molecular flexibility index (Phi) is 68.6.